The van der Waals surface area contributed by atoms with Gasteiger partial charge in [-0.3, -0.25) is 9.52 Å². The lowest BCUT2D eigenvalue weighted by atomic mass is 9.90. The van der Waals surface area contributed by atoms with Crippen molar-refractivity contribution >= 4 is 15.7 Å². The van der Waals surface area contributed by atoms with E-state index >= 15 is 0 Å². The Morgan fingerprint density at radius 1 is 1.09 bits per heavy atom. The fourth-order valence-electron chi connectivity index (χ4n) is 4.18. The summed E-state index contributed by atoms with van der Waals surface area (Å²) in [5.74, 6) is 0.242. The monoisotopic (exact) mass is 453 g/mol. The minimum absolute atomic E-state index is 0.0274. The van der Waals surface area contributed by atoms with Gasteiger partial charge in [0, 0.05) is 23.4 Å². The highest BCUT2D eigenvalue weighted by atomic mass is 32.2. The van der Waals surface area contributed by atoms with Crippen LogP contribution in [0.1, 0.15) is 36.5 Å². The summed E-state index contributed by atoms with van der Waals surface area (Å²) >= 11 is 0. The molecule has 0 saturated carbocycles. The number of sulfonamides is 1. The Labute approximate surface area is 188 Å². The van der Waals surface area contributed by atoms with Gasteiger partial charge in [0.2, 0.25) is 0 Å². The second-order valence-electron chi connectivity index (χ2n) is 7.97. The van der Waals surface area contributed by atoms with Crippen LogP contribution in [0.2, 0.25) is 0 Å². The number of methoxy groups -OCH3 is 1. The molecule has 0 bridgehead atoms. The first-order chi connectivity index (χ1) is 15.3. The zero-order valence-corrected chi connectivity index (χ0v) is 19.3. The standard InChI is InChI=1S/C24H27N3O4S/c1-4-27-24(28)20-11-6-5-10-19(20)23(25-27)17-12-13-21(31-3)22(15-17)32(29,30)26-18-9-7-8-16(2)14-18/h7-9,12-15,26H,4-6,10-11H2,1-3H3. The Hall–Kier alpha value is -3.13. The number of rotatable bonds is 6. The number of hydrogen-bond acceptors (Lipinski definition) is 5. The molecule has 0 amide bonds. The fraction of sp³-hybridized carbons (Fsp3) is 0.333. The molecule has 1 N–H and O–H groups in total. The summed E-state index contributed by atoms with van der Waals surface area (Å²) in [7, 11) is -2.48. The number of ether oxygens (including phenoxy) is 1. The topological polar surface area (TPSA) is 90.3 Å². The smallest absolute Gasteiger partial charge is 0.270 e. The number of nitrogens with zero attached hydrogens (tertiary/aromatic N) is 2. The van der Waals surface area contributed by atoms with Crippen LogP contribution in [0.15, 0.2) is 52.2 Å². The zero-order chi connectivity index (χ0) is 22.9. The van der Waals surface area contributed by atoms with E-state index in [1.165, 1.54) is 11.8 Å². The highest BCUT2D eigenvalue weighted by Gasteiger charge is 2.25. The van der Waals surface area contributed by atoms with Crippen LogP contribution in [0.3, 0.4) is 0 Å². The predicted molar refractivity (Wildman–Crippen MR) is 125 cm³/mol. The van der Waals surface area contributed by atoms with Gasteiger partial charge < -0.3 is 4.74 Å². The van der Waals surface area contributed by atoms with Crippen molar-refractivity contribution < 1.29 is 13.2 Å². The van der Waals surface area contributed by atoms with Gasteiger partial charge in [-0.1, -0.05) is 12.1 Å². The third-order valence-electron chi connectivity index (χ3n) is 5.76. The van der Waals surface area contributed by atoms with Crippen LogP contribution in [0.5, 0.6) is 5.75 Å². The fourth-order valence-corrected chi connectivity index (χ4v) is 5.43. The molecule has 168 valence electrons. The molecule has 32 heavy (non-hydrogen) atoms. The van der Waals surface area contributed by atoms with Crippen molar-refractivity contribution in [3.05, 3.63) is 69.5 Å². The summed E-state index contributed by atoms with van der Waals surface area (Å²) < 4.78 is 36.0. The molecule has 1 aliphatic carbocycles. The number of aromatic nitrogens is 2. The Morgan fingerprint density at radius 3 is 2.53 bits per heavy atom. The second kappa shape index (κ2) is 8.78. The van der Waals surface area contributed by atoms with Crippen molar-refractivity contribution in [3.8, 4) is 17.0 Å². The number of benzene rings is 2. The third kappa shape index (κ3) is 4.14. The molecule has 2 aromatic carbocycles. The molecule has 0 radical (unpaired) electrons. The number of fused-ring (bicyclic) bond motifs is 1. The van der Waals surface area contributed by atoms with E-state index in [-0.39, 0.29) is 16.2 Å². The molecule has 7 nitrogen and oxygen atoms in total. The van der Waals surface area contributed by atoms with Gasteiger partial charge in [-0.2, -0.15) is 5.10 Å². The second-order valence-corrected chi connectivity index (χ2v) is 9.63. The largest absolute Gasteiger partial charge is 0.495 e. The molecule has 0 unspecified atom stereocenters. The molecule has 3 aromatic rings. The van der Waals surface area contributed by atoms with Crippen LogP contribution in [0.4, 0.5) is 5.69 Å². The highest BCUT2D eigenvalue weighted by molar-refractivity contribution is 7.92. The molecule has 0 saturated heterocycles. The number of hydrogen-bond donors (Lipinski definition) is 1. The normalized spacial score (nSPS) is 13.5. The van der Waals surface area contributed by atoms with Gasteiger partial charge in [-0.15, -0.1) is 0 Å². The van der Waals surface area contributed by atoms with Gasteiger partial charge in [-0.05, 0) is 81.0 Å². The van der Waals surface area contributed by atoms with E-state index in [0.29, 0.717) is 23.5 Å². The molecule has 0 atom stereocenters. The molecule has 1 heterocycles. The molecule has 1 aromatic heterocycles. The van der Waals surface area contributed by atoms with Crippen LogP contribution in [0.25, 0.3) is 11.3 Å². The lowest BCUT2D eigenvalue weighted by Crippen LogP contribution is -2.30. The molecular weight excluding hydrogens is 426 g/mol. The molecule has 0 spiro atoms. The van der Waals surface area contributed by atoms with E-state index in [0.717, 1.165) is 42.4 Å². The van der Waals surface area contributed by atoms with Gasteiger partial charge in [-0.25, -0.2) is 13.1 Å². The van der Waals surface area contributed by atoms with Crippen molar-refractivity contribution in [2.24, 2.45) is 0 Å². The first-order valence-corrected chi connectivity index (χ1v) is 12.2. The van der Waals surface area contributed by atoms with Crippen molar-refractivity contribution in [1.82, 2.24) is 9.78 Å². The summed E-state index contributed by atoms with van der Waals surface area (Å²) in [6.45, 7) is 4.23. The lowest BCUT2D eigenvalue weighted by Gasteiger charge is -2.20. The Bertz CT molecular complexity index is 1330. The SMILES string of the molecule is CCn1nc(-c2ccc(OC)c(S(=O)(=O)Nc3cccc(C)c3)c2)c2c(c1=O)CCCC2. The lowest BCUT2D eigenvalue weighted by molar-refractivity contribution is 0.403. The molecule has 4 rings (SSSR count). The van der Waals surface area contributed by atoms with Gasteiger partial charge in [0.05, 0.1) is 12.8 Å². The minimum Gasteiger partial charge on any atom is -0.495 e. The summed E-state index contributed by atoms with van der Waals surface area (Å²) in [6, 6.07) is 12.2. The maximum Gasteiger partial charge on any atom is 0.270 e. The van der Waals surface area contributed by atoms with Crippen LogP contribution < -0.4 is 15.0 Å². The minimum atomic E-state index is -3.92. The quantitative estimate of drug-likeness (QED) is 0.611. The van der Waals surface area contributed by atoms with Gasteiger partial charge in [0.25, 0.3) is 15.6 Å². The van der Waals surface area contributed by atoms with Crippen molar-refractivity contribution in [2.75, 3.05) is 11.8 Å². The Morgan fingerprint density at radius 2 is 1.84 bits per heavy atom. The molecule has 0 aliphatic heterocycles. The van der Waals surface area contributed by atoms with Crippen LogP contribution in [-0.2, 0) is 29.4 Å². The van der Waals surface area contributed by atoms with Crippen molar-refractivity contribution in [1.29, 1.82) is 0 Å². The average Bonchev–Trinajstić information content (AvgIpc) is 2.79. The van der Waals surface area contributed by atoms with E-state index in [1.807, 2.05) is 19.9 Å². The zero-order valence-electron chi connectivity index (χ0n) is 18.5. The van der Waals surface area contributed by atoms with Gasteiger partial charge >= 0.3 is 0 Å². The maximum absolute atomic E-state index is 13.3. The van der Waals surface area contributed by atoms with E-state index in [2.05, 4.69) is 9.82 Å². The van der Waals surface area contributed by atoms with Crippen molar-refractivity contribution in [2.45, 2.75) is 51.0 Å². The first kappa shape index (κ1) is 22.1. The van der Waals surface area contributed by atoms with Crippen LogP contribution in [0, 0.1) is 6.92 Å². The molecule has 1 aliphatic rings. The summed E-state index contributed by atoms with van der Waals surface area (Å²) in [5, 5.41) is 4.60. The first-order valence-electron chi connectivity index (χ1n) is 10.7. The number of anilines is 1. The summed E-state index contributed by atoms with van der Waals surface area (Å²) in [4.78, 5) is 12.8. The van der Waals surface area contributed by atoms with E-state index in [1.54, 1.807) is 36.4 Å². The van der Waals surface area contributed by atoms with E-state index in [4.69, 9.17) is 4.74 Å². The van der Waals surface area contributed by atoms with Gasteiger partial charge in [0.15, 0.2) is 0 Å². The van der Waals surface area contributed by atoms with Crippen LogP contribution >= 0.6 is 0 Å². The molecular formula is C24H27N3O4S. The van der Waals surface area contributed by atoms with Crippen LogP contribution in [-0.4, -0.2) is 25.3 Å². The maximum atomic E-state index is 13.3. The summed E-state index contributed by atoms with van der Waals surface area (Å²) in [5.41, 5.74) is 4.41. The Balaban J connectivity index is 1.85. The van der Waals surface area contributed by atoms with Gasteiger partial charge in [0.1, 0.15) is 10.6 Å². The van der Waals surface area contributed by atoms with E-state index < -0.39 is 10.0 Å². The third-order valence-corrected chi connectivity index (χ3v) is 7.17. The molecule has 8 heteroatoms. The molecule has 0 fully saturated rings. The number of nitrogens with one attached hydrogen (secondary N) is 1. The number of aryl methyl sites for hydroxylation is 2. The summed E-state index contributed by atoms with van der Waals surface area (Å²) in [6.07, 6.45) is 3.43. The van der Waals surface area contributed by atoms with E-state index in [9.17, 15) is 13.2 Å². The Kier molecular flexibility index (Phi) is 6.06. The average molecular weight is 454 g/mol. The highest BCUT2D eigenvalue weighted by Crippen LogP contribution is 2.34. The van der Waals surface area contributed by atoms with Crippen molar-refractivity contribution in [3.63, 3.8) is 0 Å². The predicted octanol–water partition coefficient (Wildman–Crippen LogP) is 3.93.